The normalized spacial score (nSPS) is 12.1. The van der Waals surface area contributed by atoms with Gasteiger partial charge in [0.05, 0.1) is 20.4 Å². The molecule has 0 saturated carbocycles. The molecule has 0 amide bonds. The number of ether oxygens (including phenoxy) is 2. The van der Waals surface area contributed by atoms with Crippen molar-refractivity contribution in [3.63, 3.8) is 0 Å². The zero-order valence-corrected chi connectivity index (χ0v) is 11.6. The first-order valence-electron chi connectivity index (χ1n) is 5.64. The van der Waals surface area contributed by atoms with Crippen LogP contribution in [0.25, 0.3) is 0 Å². The predicted molar refractivity (Wildman–Crippen MR) is 70.6 cm³/mol. The van der Waals surface area contributed by atoms with Crippen LogP contribution in [0.4, 0.5) is 4.39 Å². The van der Waals surface area contributed by atoms with E-state index in [0.29, 0.717) is 5.02 Å². The Hall–Kier alpha value is -1.92. The van der Waals surface area contributed by atoms with Gasteiger partial charge in [-0.1, -0.05) is 11.6 Å². The highest BCUT2D eigenvalue weighted by atomic mass is 35.5. The van der Waals surface area contributed by atoms with Crippen molar-refractivity contribution in [3.05, 3.63) is 46.5 Å². The third kappa shape index (κ3) is 2.81. The van der Waals surface area contributed by atoms with E-state index in [1.807, 2.05) is 0 Å². The predicted octanol–water partition coefficient (Wildman–Crippen LogP) is 2.37. The maximum absolute atomic E-state index is 13.8. The highest BCUT2D eigenvalue weighted by molar-refractivity contribution is 6.30. The molecular weight excluding hydrogens is 287 g/mol. The van der Waals surface area contributed by atoms with E-state index in [-0.39, 0.29) is 23.0 Å². The molecule has 0 aliphatic rings. The molecule has 1 N–H and O–H groups in total. The molecule has 1 atom stereocenters. The van der Waals surface area contributed by atoms with Crippen LogP contribution in [0.1, 0.15) is 17.4 Å². The summed E-state index contributed by atoms with van der Waals surface area (Å²) in [6.07, 6.45) is -0.0363. The van der Waals surface area contributed by atoms with Crippen molar-refractivity contribution in [1.29, 1.82) is 0 Å². The third-order valence-corrected chi connectivity index (χ3v) is 2.89. The van der Waals surface area contributed by atoms with E-state index >= 15 is 0 Å². The Balaban J connectivity index is 2.47. The van der Waals surface area contributed by atoms with Crippen LogP contribution in [0.5, 0.6) is 11.8 Å². The number of methoxy groups -OCH3 is 2. The molecule has 0 bridgehead atoms. The van der Waals surface area contributed by atoms with Gasteiger partial charge in [-0.15, -0.1) is 0 Å². The Bertz CT molecular complexity index is 625. The fourth-order valence-corrected chi connectivity index (χ4v) is 1.85. The fourth-order valence-electron chi connectivity index (χ4n) is 1.67. The van der Waals surface area contributed by atoms with Crippen LogP contribution in [0.3, 0.4) is 0 Å². The number of aliphatic hydroxyl groups is 1. The molecule has 106 valence electrons. The van der Waals surface area contributed by atoms with Crippen molar-refractivity contribution in [2.24, 2.45) is 0 Å². The molecule has 20 heavy (non-hydrogen) atoms. The highest BCUT2D eigenvalue weighted by Gasteiger charge is 2.22. The molecule has 0 aliphatic heterocycles. The number of halogens is 2. The first-order valence-corrected chi connectivity index (χ1v) is 6.02. The Labute approximate surface area is 120 Å². The smallest absolute Gasteiger partial charge is 0.241 e. The molecule has 1 aromatic heterocycles. The molecule has 2 aromatic rings. The van der Waals surface area contributed by atoms with Crippen LogP contribution >= 0.6 is 11.6 Å². The summed E-state index contributed by atoms with van der Waals surface area (Å²) in [6.45, 7) is 0. The maximum atomic E-state index is 13.8. The number of aromatic nitrogens is 2. The molecule has 0 spiro atoms. The van der Waals surface area contributed by atoms with Gasteiger partial charge in [-0.3, -0.25) is 0 Å². The van der Waals surface area contributed by atoms with Crippen LogP contribution in [0, 0.1) is 5.82 Å². The summed E-state index contributed by atoms with van der Waals surface area (Å²) in [5.41, 5.74) is 0.0738. The molecule has 5 nitrogen and oxygen atoms in total. The second-order valence-corrected chi connectivity index (χ2v) is 4.31. The second kappa shape index (κ2) is 6.02. The lowest BCUT2D eigenvalue weighted by molar-refractivity contribution is 0.202. The summed E-state index contributed by atoms with van der Waals surface area (Å²) >= 11 is 5.80. The SMILES string of the molecule is COc1cnc(C(O)c2cc(Cl)ccc2F)c(OC)n1. The summed E-state index contributed by atoms with van der Waals surface area (Å²) in [5, 5.41) is 10.6. The molecule has 1 heterocycles. The minimum atomic E-state index is -1.35. The molecule has 7 heteroatoms. The number of hydrogen-bond donors (Lipinski definition) is 1. The number of benzene rings is 1. The molecule has 1 aromatic carbocycles. The largest absolute Gasteiger partial charge is 0.480 e. The van der Waals surface area contributed by atoms with E-state index < -0.39 is 11.9 Å². The quantitative estimate of drug-likeness (QED) is 0.939. The second-order valence-electron chi connectivity index (χ2n) is 3.88. The first-order chi connectivity index (χ1) is 9.56. The van der Waals surface area contributed by atoms with E-state index in [4.69, 9.17) is 21.1 Å². The van der Waals surface area contributed by atoms with Gasteiger partial charge in [0, 0.05) is 10.6 Å². The third-order valence-electron chi connectivity index (χ3n) is 2.66. The maximum Gasteiger partial charge on any atom is 0.241 e. The van der Waals surface area contributed by atoms with Gasteiger partial charge in [-0.2, -0.15) is 4.98 Å². The highest BCUT2D eigenvalue weighted by Crippen LogP contribution is 2.30. The van der Waals surface area contributed by atoms with Crippen molar-refractivity contribution in [1.82, 2.24) is 9.97 Å². The van der Waals surface area contributed by atoms with Gasteiger partial charge < -0.3 is 14.6 Å². The number of nitrogens with zero attached hydrogens (tertiary/aromatic N) is 2. The van der Waals surface area contributed by atoms with Gasteiger partial charge in [-0.25, -0.2) is 9.37 Å². The lowest BCUT2D eigenvalue weighted by atomic mass is 10.1. The van der Waals surface area contributed by atoms with Gasteiger partial charge in [0.25, 0.3) is 0 Å². The number of hydrogen-bond acceptors (Lipinski definition) is 5. The topological polar surface area (TPSA) is 64.5 Å². The number of rotatable bonds is 4. The van der Waals surface area contributed by atoms with Crippen molar-refractivity contribution in [2.75, 3.05) is 14.2 Å². The number of aliphatic hydroxyl groups excluding tert-OH is 1. The monoisotopic (exact) mass is 298 g/mol. The summed E-state index contributed by atoms with van der Waals surface area (Å²) in [6, 6.07) is 3.89. The summed E-state index contributed by atoms with van der Waals surface area (Å²) < 4.78 is 23.7. The molecule has 1 unspecified atom stereocenters. The zero-order valence-electron chi connectivity index (χ0n) is 10.8. The molecule has 2 rings (SSSR count). The summed E-state index contributed by atoms with van der Waals surface area (Å²) in [7, 11) is 2.80. The van der Waals surface area contributed by atoms with E-state index in [1.165, 1.54) is 38.6 Å². The van der Waals surface area contributed by atoms with Crippen LogP contribution in [-0.2, 0) is 0 Å². The van der Waals surface area contributed by atoms with Crippen molar-refractivity contribution >= 4 is 11.6 Å². The van der Waals surface area contributed by atoms with E-state index in [9.17, 15) is 9.50 Å². The average Bonchev–Trinajstić information content (AvgIpc) is 2.48. The van der Waals surface area contributed by atoms with Gasteiger partial charge in [0.15, 0.2) is 0 Å². The molecule has 0 aliphatic carbocycles. The Kier molecular flexibility index (Phi) is 4.36. The summed E-state index contributed by atoms with van der Waals surface area (Å²) in [5.74, 6) is -0.317. The van der Waals surface area contributed by atoms with Gasteiger partial charge >= 0.3 is 0 Å². The molecular formula is C13H12ClFN2O3. The van der Waals surface area contributed by atoms with E-state index in [1.54, 1.807) is 0 Å². The van der Waals surface area contributed by atoms with Crippen molar-refractivity contribution in [2.45, 2.75) is 6.10 Å². The minimum Gasteiger partial charge on any atom is -0.480 e. The van der Waals surface area contributed by atoms with Crippen LogP contribution in [0.15, 0.2) is 24.4 Å². The first kappa shape index (κ1) is 14.5. The van der Waals surface area contributed by atoms with Gasteiger partial charge in [0.2, 0.25) is 11.8 Å². The molecule has 0 saturated heterocycles. The standard InChI is InChI=1S/C13H12ClFN2O3/c1-19-10-6-16-11(13(17-10)20-2)12(18)8-5-7(14)3-4-9(8)15/h3-6,12,18H,1-2H3. The van der Waals surface area contributed by atoms with Gasteiger partial charge in [-0.05, 0) is 18.2 Å². The zero-order chi connectivity index (χ0) is 14.7. The van der Waals surface area contributed by atoms with Gasteiger partial charge in [0.1, 0.15) is 17.6 Å². The Morgan fingerprint density at radius 1 is 1.30 bits per heavy atom. The fraction of sp³-hybridized carbons (Fsp3) is 0.231. The lowest BCUT2D eigenvalue weighted by Gasteiger charge is -2.14. The lowest BCUT2D eigenvalue weighted by Crippen LogP contribution is -2.09. The van der Waals surface area contributed by atoms with E-state index in [0.717, 1.165) is 0 Å². The van der Waals surface area contributed by atoms with Crippen molar-refractivity contribution in [3.8, 4) is 11.8 Å². The molecule has 0 fully saturated rings. The van der Waals surface area contributed by atoms with E-state index in [2.05, 4.69) is 9.97 Å². The average molecular weight is 299 g/mol. The van der Waals surface area contributed by atoms with Crippen LogP contribution in [-0.4, -0.2) is 29.3 Å². The summed E-state index contributed by atoms with van der Waals surface area (Å²) in [4.78, 5) is 7.98. The Morgan fingerprint density at radius 2 is 2.05 bits per heavy atom. The minimum absolute atomic E-state index is 0.00438. The van der Waals surface area contributed by atoms with Crippen LogP contribution < -0.4 is 9.47 Å². The van der Waals surface area contributed by atoms with Crippen molar-refractivity contribution < 1.29 is 19.0 Å². The van der Waals surface area contributed by atoms with Crippen LogP contribution in [0.2, 0.25) is 5.02 Å². The Morgan fingerprint density at radius 3 is 2.70 bits per heavy atom. The molecule has 0 radical (unpaired) electrons.